The van der Waals surface area contributed by atoms with Gasteiger partial charge in [0.2, 0.25) is 0 Å². The third-order valence-corrected chi connectivity index (χ3v) is 10.9. The fourth-order valence-electron chi connectivity index (χ4n) is 7.45. The minimum absolute atomic E-state index is 0.168. The topological polar surface area (TPSA) is 9.86 Å². The van der Waals surface area contributed by atoms with Crippen LogP contribution in [0.3, 0.4) is 0 Å². The number of para-hydroxylation sites is 2. The minimum atomic E-state index is -0.975. The molecule has 9 aromatic carbocycles. The smallest absolute Gasteiger partial charge is 0.0646 e. The fraction of sp³-hybridized carbons (Fsp3) is 0. The van der Waals surface area contributed by atoms with Crippen LogP contribution in [0.25, 0.3) is 109 Å². The predicted molar refractivity (Wildman–Crippen MR) is 244 cm³/mol. The molecule has 0 N–H and O–H groups in total. The van der Waals surface area contributed by atoms with Crippen LogP contribution in [-0.2, 0) is 0 Å². The van der Waals surface area contributed by atoms with Gasteiger partial charge in [0.1, 0.15) is 0 Å². The van der Waals surface area contributed by atoms with Gasteiger partial charge in [-0.3, -0.25) is 0 Å². The lowest BCUT2D eigenvalue weighted by molar-refractivity contribution is 1.18. The average molecular weight is 768 g/mol. The van der Waals surface area contributed by atoms with Crippen molar-refractivity contribution in [3.05, 3.63) is 206 Å². The largest absolute Gasteiger partial charge is 0.309 e. The van der Waals surface area contributed by atoms with E-state index < -0.39 is 201 Å². The number of nitrogens with zero attached hydrogens (tertiary/aromatic N) is 2. The molecule has 0 fully saturated rings. The quantitative estimate of drug-likeness (QED) is 0.165. The van der Waals surface area contributed by atoms with Gasteiger partial charge < -0.3 is 9.13 Å². The first kappa shape index (κ1) is 16.1. The zero-order valence-electron chi connectivity index (χ0n) is 54.0. The van der Waals surface area contributed by atoms with E-state index in [0.29, 0.717) is 16.9 Å². The molecule has 57 heavy (non-hydrogen) atoms. The Kier molecular flexibility index (Phi) is 3.58. The summed E-state index contributed by atoms with van der Waals surface area (Å²) in [4.78, 5) is 0. The molecule has 12 aromatic rings. The SMILES string of the molecule is [2H]c1c([2H])c([2H])c(-c2c(-n3c4c([2H])c([2H])c([2H])c([2H])c4c4c([2H])c(-c5c([2H])c([2H])c6c(c5[2H])c5c([2H])c([2H])c([2H])c([2H])c5n6-c5cccc(-c6ccccc6)c5)c([2H])c([2H])c43)c([2H])c([2H])c3sc4c([2H])c([2H])c([2H])c([2H])c4c23)c([2H])c1[2H]. The van der Waals surface area contributed by atoms with Crippen LogP contribution in [-0.4, -0.2) is 9.13 Å². The average Bonchev–Trinajstić information content (AvgIpc) is 4.11. The summed E-state index contributed by atoms with van der Waals surface area (Å²) in [7, 11) is 0. The summed E-state index contributed by atoms with van der Waals surface area (Å²) in [6.45, 7) is 0. The highest BCUT2D eigenvalue weighted by atomic mass is 32.1. The summed E-state index contributed by atoms with van der Waals surface area (Å²) in [5.41, 5.74) is -3.36. The number of fused-ring (bicyclic) bond motifs is 9. The van der Waals surface area contributed by atoms with Crippen LogP contribution in [0.5, 0.6) is 0 Å². The van der Waals surface area contributed by atoms with Crippen LogP contribution >= 0.6 is 11.3 Å². The van der Waals surface area contributed by atoms with E-state index in [1.807, 2.05) is 30.3 Å². The summed E-state index contributed by atoms with van der Waals surface area (Å²) in [5.74, 6) is 0. The molecule has 266 valence electrons. The van der Waals surface area contributed by atoms with Crippen LogP contribution in [0.4, 0.5) is 0 Å². The molecule has 0 aliphatic carbocycles. The van der Waals surface area contributed by atoms with Crippen LogP contribution in [0, 0.1) is 0 Å². The Hall–Kier alpha value is -7.20. The molecule has 0 aliphatic heterocycles. The summed E-state index contributed by atoms with van der Waals surface area (Å²) >= 11 is 0.643. The highest BCUT2D eigenvalue weighted by Gasteiger charge is 2.21. The molecule has 12 rings (SSSR count). The Bertz CT molecular complexity index is 4960. The van der Waals surface area contributed by atoms with Crippen molar-refractivity contribution in [2.45, 2.75) is 0 Å². The van der Waals surface area contributed by atoms with Crippen molar-refractivity contribution in [3.63, 3.8) is 0 Å². The van der Waals surface area contributed by atoms with Gasteiger partial charge >= 0.3 is 0 Å². The van der Waals surface area contributed by atoms with Gasteiger partial charge in [0, 0.05) is 53.0 Å². The summed E-state index contributed by atoms with van der Waals surface area (Å²) in [6, 6.07) is -4.08. The summed E-state index contributed by atoms with van der Waals surface area (Å²) in [6.07, 6.45) is 0. The van der Waals surface area contributed by atoms with Crippen molar-refractivity contribution in [2.24, 2.45) is 0 Å². The van der Waals surface area contributed by atoms with Crippen molar-refractivity contribution >= 4 is 75.1 Å². The Balaban J connectivity index is 1.29. The van der Waals surface area contributed by atoms with E-state index in [9.17, 15) is 19.2 Å². The van der Waals surface area contributed by atoms with E-state index >= 15 is 0 Å². The van der Waals surface area contributed by atoms with Gasteiger partial charge in [-0.05, 0) is 94.3 Å². The number of hydrogen-bond acceptors (Lipinski definition) is 1. The second kappa shape index (κ2) is 12.7. The lowest BCUT2D eigenvalue weighted by atomic mass is 9.97. The van der Waals surface area contributed by atoms with Crippen molar-refractivity contribution in [3.8, 4) is 44.8 Å². The fourth-order valence-corrected chi connectivity index (χ4v) is 8.42. The monoisotopic (exact) mass is 767 g/mol. The highest BCUT2D eigenvalue weighted by Crippen LogP contribution is 2.46. The maximum atomic E-state index is 10.1. The molecule has 0 atom stereocenters. The van der Waals surface area contributed by atoms with E-state index in [4.69, 9.17) is 15.1 Å². The molecule has 3 heterocycles. The van der Waals surface area contributed by atoms with Crippen molar-refractivity contribution in [1.29, 1.82) is 0 Å². The Morgan fingerprint density at radius 3 is 1.72 bits per heavy atom. The van der Waals surface area contributed by atoms with E-state index in [2.05, 4.69) is 0 Å². The van der Waals surface area contributed by atoms with Gasteiger partial charge in [0.25, 0.3) is 0 Å². The molecule has 3 aromatic heterocycles. The number of aromatic nitrogens is 2. The molecule has 0 aliphatic rings. The summed E-state index contributed by atoms with van der Waals surface area (Å²) < 4.78 is 233. The van der Waals surface area contributed by atoms with E-state index in [1.165, 1.54) is 4.57 Å². The number of benzene rings is 9. The van der Waals surface area contributed by atoms with Gasteiger partial charge in [-0.25, -0.2) is 0 Å². The third kappa shape index (κ3) is 4.96. The molecule has 0 saturated carbocycles. The van der Waals surface area contributed by atoms with Gasteiger partial charge in [0.15, 0.2) is 0 Å². The molecule has 0 unspecified atom stereocenters. The Morgan fingerprint density at radius 2 is 0.982 bits per heavy atom. The molecule has 0 saturated heterocycles. The van der Waals surface area contributed by atoms with Gasteiger partial charge in [0.05, 0.1) is 62.0 Å². The zero-order valence-corrected chi connectivity index (χ0v) is 29.8. The Labute approximate surface area is 368 Å². The molecule has 0 bridgehead atoms. The normalized spacial score (nSPS) is 18.0. The number of hydrogen-bond donors (Lipinski definition) is 0. The van der Waals surface area contributed by atoms with Crippen LogP contribution in [0.15, 0.2) is 206 Å². The molecular weight excluding hydrogens is 709 g/mol. The van der Waals surface area contributed by atoms with Crippen molar-refractivity contribution < 1.29 is 34.3 Å². The van der Waals surface area contributed by atoms with Crippen LogP contribution < -0.4 is 0 Å². The van der Waals surface area contributed by atoms with Gasteiger partial charge in [-0.15, -0.1) is 11.3 Å². The van der Waals surface area contributed by atoms with E-state index in [1.54, 1.807) is 24.3 Å². The molecular formula is C54H34N2S. The first-order chi connectivity index (χ1) is 38.7. The Morgan fingerprint density at radius 1 is 0.386 bits per heavy atom. The molecule has 0 spiro atoms. The zero-order chi connectivity index (χ0) is 59.2. The molecule has 3 heteroatoms. The number of rotatable bonds is 5. The highest BCUT2D eigenvalue weighted by molar-refractivity contribution is 7.26. The maximum Gasteiger partial charge on any atom is 0.0646 e. The minimum Gasteiger partial charge on any atom is -0.309 e. The molecule has 0 radical (unpaired) electrons. The van der Waals surface area contributed by atoms with E-state index in [0.717, 1.165) is 10.1 Å². The lowest BCUT2D eigenvalue weighted by Gasteiger charge is -2.16. The third-order valence-electron chi connectivity index (χ3n) is 9.87. The second-order valence-corrected chi connectivity index (χ2v) is 14.0. The van der Waals surface area contributed by atoms with Crippen molar-refractivity contribution in [1.82, 2.24) is 9.13 Å². The van der Waals surface area contributed by atoms with E-state index in [-0.39, 0.29) is 47.7 Å². The predicted octanol–water partition coefficient (Wildman–Crippen LogP) is 15.2. The van der Waals surface area contributed by atoms with Crippen LogP contribution in [0.2, 0.25) is 0 Å². The first-order valence-corrected chi connectivity index (χ1v) is 18.3. The van der Waals surface area contributed by atoms with Crippen molar-refractivity contribution in [2.75, 3.05) is 0 Å². The van der Waals surface area contributed by atoms with Crippen LogP contribution in [0.1, 0.15) is 34.3 Å². The molecule has 2 nitrogen and oxygen atoms in total. The number of thiophene rings is 1. The first-order valence-electron chi connectivity index (χ1n) is 30.0. The van der Waals surface area contributed by atoms with Gasteiger partial charge in [-0.2, -0.15) is 0 Å². The molecule has 0 amide bonds. The van der Waals surface area contributed by atoms with Gasteiger partial charge in [-0.1, -0.05) is 139 Å². The summed E-state index contributed by atoms with van der Waals surface area (Å²) in [5, 5.41) is -2.38. The standard InChI is InChI=1S/C54H34N2S/c1-3-14-35(15-4-1)37-18-13-19-40(32-37)55-46-23-10-7-20-41(46)44-33-38(26-28-48(44)55)39-27-29-49-45(34-39)42-21-8-11-24-47(42)56(49)50-30-31-52-54(43-22-9-12-25-51(43)57-52)53(50)36-16-5-2-6-17-36/h1-34H/i2D,5D,6D,7D,8D,9D,10D,11D,12D,16D,17D,20D,21D,22D,23D,24D,25D,26D,27D,28D,29D,30D,31D,33D,34D. The lowest BCUT2D eigenvalue weighted by Crippen LogP contribution is -1.98. The maximum absolute atomic E-state index is 10.1. The second-order valence-electron chi connectivity index (χ2n) is 13.0.